The van der Waals surface area contributed by atoms with Crippen LogP contribution in [0.4, 0.5) is 0 Å². The molecule has 0 saturated carbocycles. The Morgan fingerprint density at radius 1 is 0.277 bits per heavy atom. The Hall–Kier alpha value is -7.13. The molecule has 0 aliphatic rings. The van der Waals surface area contributed by atoms with Gasteiger partial charge in [-0.1, -0.05) is 103 Å². The lowest BCUT2D eigenvalue weighted by Gasteiger charge is -2.30. The summed E-state index contributed by atoms with van der Waals surface area (Å²) >= 11 is 0. The molecule has 0 radical (unpaired) electrons. The first-order chi connectivity index (χ1) is 47.2. The highest BCUT2D eigenvalue weighted by molar-refractivity contribution is 6.00. The highest BCUT2D eigenvalue weighted by atomic mass is 16.4. The second kappa shape index (κ2) is 49.5. The molecule has 582 valence electrons. The third kappa shape index (κ3) is 36.5. The van der Waals surface area contributed by atoms with E-state index in [2.05, 4.69) is 63.8 Å². The number of carboxylic acid groups (broad SMARTS) is 1. The Morgan fingerprint density at radius 3 is 0.812 bits per heavy atom. The summed E-state index contributed by atoms with van der Waals surface area (Å²) in [5.41, 5.74) is 29.1. The molecular weight excluding hydrogens is 1310 g/mol. The molecule has 0 bridgehead atoms. The summed E-state index contributed by atoms with van der Waals surface area (Å²) < 4.78 is 0. The van der Waals surface area contributed by atoms with Crippen LogP contribution >= 0.6 is 0 Å². The minimum absolute atomic E-state index is 0.0249. The molecule has 0 aliphatic carbocycles. The van der Waals surface area contributed by atoms with E-state index in [1.807, 2.05) is 13.8 Å². The molecule has 0 rings (SSSR count). The van der Waals surface area contributed by atoms with E-state index in [9.17, 15) is 72.5 Å². The third-order valence-electron chi connectivity index (χ3n) is 16.9. The van der Waals surface area contributed by atoms with Crippen molar-refractivity contribution in [3.8, 4) is 0 Å². The van der Waals surface area contributed by atoms with E-state index < -0.39 is 185 Å². The predicted molar refractivity (Wildman–Crippen MR) is 385 cm³/mol. The van der Waals surface area contributed by atoms with Crippen molar-refractivity contribution in [1.29, 1.82) is 0 Å². The topological polar surface area (TPSA) is 537 Å². The fraction of sp³-hybridized carbons (Fsp3) is 0.812. The molecule has 14 atom stereocenters. The number of aliphatic carboxylic acids is 1. The zero-order valence-corrected chi connectivity index (χ0v) is 63.1. The molecule has 12 amide bonds. The van der Waals surface area contributed by atoms with Crippen LogP contribution in [0, 0.1) is 41.4 Å². The Labute approximate surface area is 599 Å². The summed E-state index contributed by atoms with van der Waals surface area (Å²) in [4.78, 5) is 180. The molecule has 32 nitrogen and oxygen atoms in total. The van der Waals surface area contributed by atoms with Crippen molar-refractivity contribution in [2.24, 2.45) is 70.1 Å². The van der Waals surface area contributed by atoms with Crippen LogP contribution in [0.25, 0.3) is 0 Å². The molecule has 0 aromatic carbocycles. The number of nitrogens with one attached hydrogen (secondary N) is 12. The highest BCUT2D eigenvalue weighted by Gasteiger charge is 2.39. The molecule has 0 aromatic rings. The van der Waals surface area contributed by atoms with E-state index in [0.717, 1.165) is 0 Å². The van der Waals surface area contributed by atoms with Gasteiger partial charge in [-0.25, -0.2) is 4.79 Å². The van der Waals surface area contributed by atoms with Crippen LogP contribution in [-0.2, 0) is 62.3 Å². The number of carbonyl (C=O) groups excluding carboxylic acids is 12. The maximum absolute atomic E-state index is 14.4. The molecule has 0 aliphatic heterocycles. The first kappa shape index (κ1) is 93.9. The van der Waals surface area contributed by atoms with Gasteiger partial charge in [0.05, 0.1) is 12.1 Å². The van der Waals surface area contributed by atoms with Gasteiger partial charge in [0.1, 0.15) is 72.5 Å². The molecule has 24 N–H and O–H groups in total. The smallest absolute Gasteiger partial charge is 0.326 e. The molecule has 0 saturated heterocycles. The first-order valence-electron chi connectivity index (χ1n) is 36.3. The normalized spacial score (nSPS) is 15.8. The summed E-state index contributed by atoms with van der Waals surface area (Å²) in [6, 6.07) is -16.4. The van der Waals surface area contributed by atoms with Crippen molar-refractivity contribution >= 4 is 76.9 Å². The molecule has 0 heterocycles. The summed E-state index contributed by atoms with van der Waals surface area (Å²) in [6.45, 7) is 27.8. The number of aliphatic hydroxyl groups is 1. The maximum Gasteiger partial charge on any atom is 0.326 e. The van der Waals surface area contributed by atoms with Gasteiger partial charge in [0.25, 0.3) is 0 Å². The van der Waals surface area contributed by atoms with E-state index in [1.54, 1.807) is 83.1 Å². The Bertz CT molecular complexity index is 2610. The molecule has 0 fully saturated rings. The summed E-state index contributed by atoms with van der Waals surface area (Å²) in [6.07, 6.45) is 3.41. The summed E-state index contributed by atoms with van der Waals surface area (Å²) in [5.74, 6) is -13.3. The van der Waals surface area contributed by atoms with Gasteiger partial charge in [0.2, 0.25) is 70.9 Å². The molecule has 0 aromatic heterocycles. The van der Waals surface area contributed by atoms with Crippen molar-refractivity contribution < 1.29 is 72.5 Å². The average Bonchev–Trinajstić information content (AvgIpc) is 0.867. The van der Waals surface area contributed by atoms with Gasteiger partial charge in [0.15, 0.2) is 0 Å². The van der Waals surface area contributed by atoms with E-state index in [-0.39, 0.29) is 62.8 Å². The van der Waals surface area contributed by atoms with Gasteiger partial charge in [-0.05, 0) is 171 Å². The van der Waals surface area contributed by atoms with Gasteiger partial charge in [-0.3, -0.25) is 57.5 Å². The van der Waals surface area contributed by atoms with Crippen LogP contribution in [0.5, 0.6) is 0 Å². The van der Waals surface area contributed by atoms with Crippen molar-refractivity contribution in [1.82, 2.24) is 63.8 Å². The van der Waals surface area contributed by atoms with Gasteiger partial charge in [-0.15, -0.1) is 0 Å². The summed E-state index contributed by atoms with van der Waals surface area (Å²) in [5, 5.41) is 52.5. The van der Waals surface area contributed by atoms with Crippen LogP contribution in [0.1, 0.15) is 207 Å². The van der Waals surface area contributed by atoms with Crippen LogP contribution in [-0.4, -0.2) is 198 Å². The number of hydrogen-bond acceptors (Lipinski definition) is 19. The van der Waals surface area contributed by atoms with Gasteiger partial charge < -0.3 is 103 Å². The number of unbranched alkanes of at least 4 members (excludes halogenated alkanes) is 4. The predicted octanol–water partition coefficient (Wildman–Crippen LogP) is -1.11. The fourth-order valence-corrected chi connectivity index (χ4v) is 10.8. The van der Waals surface area contributed by atoms with Crippen LogP contribution < -0.4 is 92.5 Å². The van der Waals surface area contributed by atoms with Gasteiger partial charge >= 0.3 is 5.97 Å². The Kier molecular flexibility index (Phi) is 46.0. The standard InChI is InChI=1S/C69H131N17O15/c1-36(2)33-49(62(93)75-43(15)57(88)86-56(44(16)87)68(99)81-50(34-37(3)4)63(94)83-52(39(7)8)65(96)80-51(35-38(5)6)64(95)85-55(42(13)14)69(100)101)79-66(97)53(40(9)10)84-67(98)54(41(11)12)82-61(92)48(28-20-24-32-73)78-60(91)47(27-19-23-31-72)77-59(90)46(26-18-22-30-71)76-58(89)45(74)25-17-21-29-70/h36-56,87H,17-35,70-74H2,1-16H3,(H,75,93)(H,76,89)(H,77,90)(H,78,91)(H,79,97)(H,80,96)(H,81,99)(H,82,92)(H,83,94)(H,84,98)(H,85,95)(H,86,88)(H,100,101)/t43-,44+,45-,46-,47-,48-,49-,50-,51-,52-,53-,54-,55-,56-/m0/s1. The molecule has 101 heavy (non-hydrogen) atoms. The van der Waals surface area contributed by atoms with Crippen LogP contribution in [0.3, 0.4) is 0 Å². The minimum atomic E-state index is -1.70. The zero-order chi connectivity index (χ0) is 77.6. The monoisotopic (exact) mass is 1440 g/mol. The Balaban J connectivity index is 6.68. The number of carbonyl (C=O) groups is 13. The lowest BCUT2D eigenvalue weighted by atomic mass is 9.97. The van der Waals surface area contributed by atoms with Crippen molar-refractivity contribution in [2.75, 3.05) is 26.2 Å². The zero-order valence-electron chi connectivity index (χ0n) is 63.1. The van der Waals surface area contributed by atoms with Crippen molar-refractivity contribution in [3.63, 3.8) is 0 Å². The second-order valence-electron chi connectivity index (χ2n) is 29.2. The third-order valence-corrected chi connectivity index (χ3v) is 16.9. The second-order valence-corrected chi connectivity index (χ2v) is 29.2. The molecular formula is C69H131N17O15. The molecule has 32 heteroatoms. The number of hydrogen-bond donors (Lipinski definition) is 19. The average molecular weight is 1440 g/mol. The number of rotatable bonds is 52. The van der Waals surface area contributed by atoms with Gasteiger partial charge in [-0.2, -0.15) is 0 Å². The lowest BCUT2D eigenvalue weighted by Crippen LogP contribution is -2.62. The minimum Gasteiger partial charge on any atom is -0.480 e. The number of aliphatic hydroxyl groups excluding tert-OH is 1. The van der Waals surface area contributed by atoms with Crippen LogP contribution in [0.15, 0.2) is 0 Å². The van der Waals surface area contributed by atoms with Gasteiger partial charge in [0, 0.05) is 0 Å². The lowest BCUT2D eigenvalue weighted by molar-refractivity contribution is -0.143. The SMILES string of the molecule is CC(C)C[C@H](NC(=O)[C@@H](NC(=O)[C@H](CC(C)C)NC(=O)[C@@H](NC(=O)[C@H](C)NC(=O)[C@H](CC(C)C)NC(=O)[C@@H](NC(=O)[C@@H](NC(=O)[C@H](CCCCN)NC(=O)[C@H](CCCCN)NC(=O)[C@H](CCCCN)NC(=O)[C@@H](N)CCCCN)C(C)C)C(C)C)[C@@H](C)O)C(C)C)C(=O)N[C@H](C(=O)O)C(C)C. The largest absolute Gasteiger partial charge is 0.480 e. The van der Waals surface area contributed by atoms with Crippen LogP contribution in [0.2, 0.25) is 0 Å². The highest BCUT2D eigenvalue weighted by Crippen LogP contribution is 2.16. The van der Waals surface area contributed by atoms with E-state index in [1.165, 1.54) is 13.8 Å². The fourth-order valence-electron chi connectivity index (χ4n) is 10.8. The van der Waals surface area contributed by atoms with E-state index in [4.69, 9.17) is 28.7 Å². The number of nitrogens with two attached hydrogens (primary N) is 5. The van der Waals surface area contributed by atoms with Crippen molar-refractivity contribution in [2.45, 2.75) is 292 Å². The van der Waals surface area contributed by atoms with E-state index >= 15 is 0 Å². The number of amides is 12. The molecule has 0 unspecified atom stereocenters. The van der Waals surface area contributed by atoms with E-state index in [0.29, 0.717) is 77.4 Å². The summed E-state index contributed by atoms with van der Waals surface area (Å²) in [7, 11) is 0. The van der Waals surface area contributed by atoms with Crippen molar-refractivity contribution in [3.05, 3.63) is 0 Å². The first-order valence-corrected chi connectivity index (χ1v) is 36.3. The maximum atomic E-state index is 14.4. The quantitative estimate of drug-likeness (QED) is 0.0321. The Morgan fingerprint density at radius 2 is 0.515 bits per heavy atom. The molecule has 0 spiro atoms. The number of carboxylic acids is 1.